The van der Waals surface area contributed by atoms with Crippen LogP contribution in [0.5, 0.6) is 0 Å². The van der Waals surface area contributed by atoms with Crippen LogP contribution in [0.1, 0.15) is 31.2 Å². The van der Waals surface area contributed by atoms with Gasteiger partial charge in [0.05, 0.1) is 6.20 Å². The Morgan fingerprint density at radius 1 is 0.853 bits per heavy atom. The quantitative estimate of drug-likeness (QED) is 0.581. The number of hydrogen-bond acceptors (Lipinski definition) is 4. The molecule has 0 unspecified atom stereocenters. The maximum atomic E-state index is 13.2. The van der Waals surface area contributed by atoms with E-state index in [2.05, 4.69) is 65.6 Å². The Labute approximate surface area is 200 Å². The molecule has 2 aliphatic heterocycles. The van der Waals surface area contributed by atoms with Crippen LogP contribution in [-0.4, -0.2) is 63.5 Å². The lowest BCUT2D eigenvalue weighted by Crippen LogP contribution is -2.42. The molecule has 1 amide bonds. The van der Waals surface area contributed by atoms with Crippen molar-refractivity contribution in [2.24, 2.45) is 18.0 Å². The summed E-state index contributed by atoms with van der Waals surface area (Å²) in [4.78, 5) is 22.6. The van der Waals surface area contributed by atoms with Gasteiger partial charge in [-0.05, 0) is 68.4 Å². The molecule has 0 N–H and O–H groups in total. The largest absolute Gasteiger partial charge is 0.306 e. The Balaban J connectivity index is 1.22. The van der Waals surface area contributed by atoms with Crippen molar-refractivity contribution >= 4 is 11.7 Å². The summed E-state index contributed by atoms with van der Waals surface area (Å²) in [6.45, 7) is 3.02. The standard InChI is InChI=1S/C28H31N5O/c1-31-15-11-20(12-16-31)18-33-26(30-28(13-14-28)27(33)34)24-9-7-22(8-10-24)21-3-5-23(6-4-21)25-17-29-32(2)19-25/h3-10,17,19-20H,11-16,18H2,1-2H3. The fourth-order valence-electron chi connectivity index (χ4n) is 5.23. The monoisotopic (exact) mass is 453 g/mol. The summed E-state index contributed by atoms with van der Waals surface area (Å²) in [6.07, 6.45) is 7.99. The van der Waals surface area contributed by atoms with Crippen molar-refractivity contribution in [3.8, 4) is 22.3 Å². The van der Waals surface area contributed by atoms with E-state index in [1.165, 1.54) is 5.56 Å². The minimum Gasteiger partial charge on any atom is -0.306 e. The molecule has 1 saturated heterocycles. The third-order valence-electron chi connectivity index (χ3n) is 7.62. The highest BCUT2D eigenvalue weighted by Crippen LogP contribution is 2.46. The molecule has 6 nitrogen and oxygen atoms in total. The molecule has 3 aliphatic rings. The predicted molar refractivity (Wildman–Crippen MR) is 135 cm³/mol. The normalized spacial score (nSPS) is 20.2. The van der Waals surface area contributed by atoms with E-state index in [1.54, 1.807) is 0 Å². The van der Waals surface area contributed by atoms with Crippen molar-refractivity contribution in [3.63, 3.8) is 0 Å². The van der Waals surface area contributed by atoms with Crippen molar-refractivity contribution in [1.29, 1.82) is 0 Å². The number of carbonyl (C=O) groups excluding carboxylic acids is 1. The van der Waals surface area contributed by atoms with Gasteiger partial charge in [0.15, 0.2) is 0 Å². The number of amides is 1. The van der Waals surface area contributed by atoms with E-state index in [0.29, 0.717) is 5.92 Å². The van der Waals surface area contributed by atoms with Gasteiger partial charge in [0.25, 0.3) is 5.91 Å². The van der Waals surface area contributed by atoms with Gasteiger partial charge in [0.2, 0.25) is 0 Å². The molecule has 2 fully saturated rings. The number of aromatic nitrogens is 2. The van der Waals surface area contributed by atoms with Gasteiger partial charge in [-0.3, -0.25) is 19.4 Å². The third kappa shape index (κ3) is 3.86. The second-order valence-corrected chi connectivity index (χ2v) is 10.2. The number of amidine groups is 1. The van der Waals surface area contributed by atoms with E-state index in [9.17, 15) is 4.79 Å². The molecule has 34 heavy (non-hydrogen) atoms. The molecule has 1 spiro atoms. The number of rotatable bonds is 5. The van der Waals surface area contributed by atoms with E-state index >= 15 is 0 Å². The molecular formula is C28H31N5O. The van der Waals surface area contributed by atoms with Crippen LogP contribution in [0, 0.1) is 5.92 Å². The van der Waals surface area contributed by atoms with Crippen LogP contribution < -0.4 is 0 Å². The molecule has 3 heterocycles. The van der Waals surface area contributed by atoms with E-state index < -0.39 is 5.54 Å². The van der Waals surface area contributed by atoms with Crippen LogP contribution in [-0.2, 0) is 11.8 Å². The van der Waals surface area contributed by atoms with Crippen LogP contribution in [0.25, 0.3) is 22.3 Å². The molecule has 1 aliphatic carbocycles. The number of piperidine rings is 1. The van der Waals surface area contributed by atoms with Crippen LogP contribution >= 0.6 is 0 Å². The van der Waals surface area contributed by atoms with Crippen LogP contribution in [0.2, 0.25) is 0 Å². The lowest BCUT2D eigenvalue weighted by Gasteiger charge is -2.32. The predicted octanol–water partition coefficient (Wildman–Crippen LogP) is 4.22. The van der Waals surface area contributed by atoms with Gasteiger partial charge in [-0.25, -0.2) is 0 Å². The van der Waals surface area contributed by atoms with Gasteiger partial charge in [-0.2, -0.15) is 5.10 Å². The molecule has 0 radical (unpaired) electrons. The molecule has 3 aromatic rings. The summed E-state index contributed by atoms with van der Waals surface area (Å²) >= 11 is 0. The first-order chi connectivity index (χ1) is 16.5. The van der Waals surface area contributed by atoms with E-state index in [-0.39, 0.29) is 5.91 Å². The van der Waals surface area contributed by atoms with Gasteiger partial charge in [0, 0.05) is 30.9 Å². The Morgan fingerprint density at radius 2 is 1.41 bits per heavy atom. The lowest BCUT2D eigenvalue weighted by molar-refractivity contribution is -0.128. The van der Waals surface area contributed by atoms with Gasteiger partial charge in [0.1, 0.15) is 11.4 Å². The molecule has 0 bridgehead atoms. The fourth-order valence-corrected chi connectivity index (χ4v) is 5.23. The summed E-state index contributed by atoms with van der Waals surface area (Å²) in [7, 11) is 4.11. The molecule has 2 aromatic carbocycles. The number of nitrogens with zero attached hydrogens (tertiary/aromatic N) is 5. The maximum Gasteiger partial charge on any atom is 0.256 e. The molecule has 174 valence electrons. The summed E-state index contributed by atoms with van der Waals surface area (Å²) < 4.78 is 1.82. The number of carbonyl (C=O) groups is 1. The number of aliphatic imine (C=N–C) groups is 1. The van der Waals surface area contributed by atoms with Crippen molar-refractivity contribution in [1.82, 2.24) is 19.6 Å². The first kappa shape index (κ1) is 21.3. The van der Waals surface area contributed by atoms with Crippen LogP contribution in [0.3, 0.4) is 0 Å². The minimum atomic E-state index is -0.457. The summed E-state index contributed by atoms with van der Waals surface area (Å²) in [5.74, 6) is 1.65. The zero-order valence-electron chi connectivity index (χ0n) is 19.9. The average Bonchev–Trinajstić information content (AvgIpc) is 3.45. The summed E-state index contributed by atoms with van der Waals surface area (Å²) in [6, 6.07) is 17.1. The smallest absolute Gasteiger partial charge is 0.256 e. The highest BCUT2D eigenvalue weighted by molar-refractivity contribution is 6.16. The zero-order valence-corrected chi connectivity index (χ0v) is 19.9. The highest BCUT2D eigenvalue weighted by atomic mass is 16.2. The number of aryl methyl sites for hydroxylation is 1. The van der Waals surface area contributed by atoms with Gasteiger partial charge in [-0.1, -0.05) is 48.5 Å². The molecule has 0 atom stereocenters. The Hall–Kier alpha value is -3.25. The van der Waals surface area contributed by atoms with Crippen LogP contribution in [0.15, 0.2) is 65.9 Å². The Morgan fingerprint density at radius 3 is 1.94 bits per heavy atom. The number of likely N-dealkylation sites (tertiary alicyclic amines) is 1. The maximum absolute atomic E-state index is 13.2. The van der Waals surface area contributed by atoms with Gasteiger partial charge < -0.3 is 4.90 Å². The van der Waals surface area contributed by atoms with E-state index in [4.69, 9.17) is 4.99 Å². The first-order valence-corrected chi connectivity index (χ1v) is 12.3. The van der Waals surface area contributed by atoms with E-state index in [0.717, 1.165) is 73.4 Å². The van der Waals surface area contributed by atoms with Gasteiger partial charge in [-0.15, -0.1) is 0 Å². The zero-order chi connectivity index (χ0) is 23.3. The van der Waals surface area contributed by atoms with Crippen molar-refractivity contribution in [3.05, 3.63) is 66.5 Å². The number of benzene rings is 2. The second kappa shape index (κ2) is 8.20. The minimum absolute atomic E-state index is 0.219. The molecule has 6 rings (SSSR count). The van der Waals surface area contributed by atoms with Crippen molar-refractivity contribution in [2.45, 2.75) is 31.2 Å². The molecular weight excluding hydrogens is 422 g/mol. The molecule has 6 heteroatoms. The third-order valence-corrected chi connectivity index (χ3v) is 7.62. The fraction of sp³-hybridized carbons (Fsp3) is 0.393. The average molecular weight is 454 g/mol. The highest BCUT2D eigenvalue weighted by Gasteiger charge is 2.57. The SMILES string of the molecule is CN1CCC(CN2C(=O)C3(CC3)N=C2c2ccc(-c3ccc(-c4cnn(C)c4)cc3)cc2)CC1. The van der Waals surface area contributed by atoms with Crippen LogP contribution in [0.4, 0.5) is 0 Å². The number of hydrogen-bond donors (Lipinski definition) is 0. The second-order valence-electron chi connectivity index (χ2n) is 10.2. The van der Waals surface area contributed by atoms with E-state index in [1.807, 2.05) is 29.0 Å². The molecule has 1 saturated carbocycles. The van der Waals surface area contributed by atoms with Crippen molar-refractivity contribution < 1.29 is 4.79 Å². The van der Waals surface area contributed by atoms with Gasteiger partial charge >= 0.3 is 0 Å². The summed E-state index contributed by atoms with van der Waals surface area (Å²) in [5, 5.41) is 4.26. The lowest BCUT2D eigenvalue weighted by atomic mass is 9.96. The Kier molecular flexibility index (Phi) is 5.14. The Bertz CT molecular complexity index is 1230. The first-order valence-electron chi connectivity index (χ1n) is 12.3. The topological polar surface area (TPSA) is 53.7 Å². The van der Waals surface area contributed by atoms with Crippen molar-refractivity contribution in [2.75, 3.05) is 26.7 Å². The molecule has 1 aromatic heterocycles. The summed E-state index contributed by atoms with van der Waals surface area (Å²) in [5.41, 5.74) is 5.20.